The molecular formula is C20H18Si2. The van der Waals surface area contributed by atoms with Gasteiger partial charge in [-0.2, -0.15) is 0 Å². The van der Waals surface area contributed by atoms with Gasteiger partial charge in [0.15, 0.2) is 0 Å². The van der Waals surface area contributed by atoms with Gasteiger partial charge in [-0.3, -0.25) is 0 Å². The van der Waals surface area contributed by atoms with Crippen LogP contribution in [0.25, 0.3) is 0 Å². The Morgan fingerprint density at radius 2 is 0.955 bits per heavy atom. The summed E-state index contributed by atoms with van der Waals surface area (Å²) in [6, 6.07) is 20.3. The molecule has 0 fully saturated rings. The molecule has 0 aliphatic carbocycles. The molecule has 0 heterocycles. The first-order chi connectivity index (χ1) is 10.5. The van der Waals surface area contributed by atoms with Crippen molar-refractivity contribution in [1.82, 2.24) is 0 Å². The summed E-state index contributed by atoms with van der Waals surface area (Å²) < 4.78 is 0. The summed E-state index contributed by atoms with van der Waals surface area (Å²) in [4.78, 5) is 0. The third kappa shape index (κ3) is 3.24. The molecule has 2 unspecified atom stereocenters. The van der Waals surface area contributed by atoms with E-state index in [9.17, 15) is 0 Å². The number of terminal acetylenes is 2. The SMILES string of the molecule is C#C[Si](C)(C#C[Si](C)(C#C)c1ccccc1)c1ccccc1. The molecule has 22 heavy (non-hydrogen) atoms. The lowest BCUT2D eigenvalue weighted by molar-refractivity contribution is 1.74. The maximum atomic E-state index is 5.82. The first kappa shape index (κ1) is 15.9. The van der Waals surface area contributed by atoms with Crippen molar-refractivity contribution in [2.24, 2.45) is 0 Å². The zero-order chi connectivity index (χ0) is 16.1. The lowest BCUT2D eigenvalue weighted by atomic mass is 10.4. The Kier molecular flexibility index (Phi) is 4.74. The molecule has 0 nitrogen and oxygen atoms in total. The molecule has 0 amide bonds. The minimum absolute atomic E-state index is 1.16. The molecule has 0 N–H and O–H groups in total. The molecule has 0 aromatic heterocycles. The van der Waals surface area contributed by atoms with Gasteiger partial charge in [-0.05, 0) is 23.5 Å². The summed E-state index contributed by atoms with van der Waals surface area (Å²) >= 11 is 0. The minimum atomic E-state index is -2.25. The average molecular weight is 315 g/mol. The van der Waals surface area contributed by atoms with Crippen LogP contribution in [-0.4, -0.2) is 16.1 Å². The Labute approximate surface area is 135 Å². The van der Waals surface area contributed by atoms with E-state index in [-0.39, 0.29) is 0 Å². The predicted molar refractivity (Wildman–Crippen MR) is 101 cm³/mol. The molecule has 2 heteroatoms. The Bertz CT molecular complexity index is 717. The van der Waals surface area contributed by atoms with Gasteiger partial charge in [0.1, 0.15) is 0 Å². The van der Waals surface area contributed by atoms with Gasteiger partial charge in [-0.25, -0.2) is 0 Å². The summed E-state index contributed by atoms with van der Waals surface area (Å²) in [5.74, 6) is 0. The van der Waals surface area contributed by atoms with E-state index in [1.54, 1.807) is 0 Å². The van der Waals surface area contributed by atoms with Gasteiger partial charge in [0.2, 0.25) is 16.1 Å². The second kappa shape index (κ2) is 6.55. The summed E-state index contributed by atoms with van der Waals surface area (Å²) in [6.45, 7) is 4.21. The van der Waals surface area contributed by atoms with E-state index in [0.717, 1.165) is 10.4 Å². The predicted octanol–water partition coefficient (Wildman–Crippen LogP) is 2.38. The van der Waals surface area contributed by atoms with Gasteiger partial charge >= 0.3 is 0 Å². The third-order valence-corrected chi connectivity index (χ3v) is 9.47. The molecule has 106 valence electrons. The van der Waals surface area contributed by atoms with E-state index in [0.29, 0.717) is 0 Å². The van der Waals surface area contributed by atoms with Crippen LogP contribution in [0.5, 0.6) is 0 Å². The molecule has 2 aromatic rings. The van der Waals surface area contributed by atoms with E-state index in [4.69, 9.17) is 12.8 Å². The first-order valence-corrected chi connectivity index (χ1v) is 12.1. The zero-order valence-electron chi connectivity index (χ0n) is 12.9. The van der Waals surface area contributed by atoms with Crippen LogP contribution in [0.3, 0.4) is 0 Å². The molecule has 2 rings (SSSR count). The second-order valence-corrected chi connectivity index (χ2v) is 12.3. The van der Waals surface area contributed by atoms with Crippen molar-refractivity contribution in [3.63, 3.8) is 0 Å². The second-order valence-electron chi connectivity index (χ2n) is 5.52. The summed E-state index contributed by atoms with van der Waals surface area (Å²) in [7, 11) is -4.51. The normalized spacial score (nSPS) is 15.1. The lowest BCUT2D eigenvalue weighted by Gasteiger charge is -2.17. The van der Waals surface area contributed by atoms with E-state index >= 15 is 0 Å². The highest BCUT2D eigenvalue weighted by Gasteiger charge is 2.29. The smallest absolute Gasteiger partial charge is 0.126 e. The number of hydrogen-bond donors (Lipinski definition) is 0. The van der Waals surface area contributed by atoms with Crippen molar-refractivity contribution < 1.29 is 0 Å². The summed E-state index contributed by atoms with van der Waals surface area (Å²) in [5, 5.41) is 2.32. The molecule has 2 aromatic carbocycles. The largest absolute Gasteiger partial charge is 0.242 e. The van der Waals surface area contributed by atoms with E-state index in [1.807, 2.05) is 36.4 Å². The molecule has 0 aliphatic rings. The maximum absolute atomic E-state index is 5.82. The van der Waals surface area contributed by atoms with Gasteiger partial charge in [-0.1, -0.05) is 60.7 Å². The van der Waals surface area contributed by atoms with Gasteiger partial charge in [-0.15, -0.1) is 35.0 Å². The van der Waals surface area contributed by atoms with Gasteiger partial charge in [0.25, 0.3) is 0 Å². The highest BCUT2D eigenvalue weighted by atomic mass is 28.3. The van der Waals surface area contributed by atoms with Crippen molar-refractivity contribution >= 4 is 26.5 Å². The first-order valence-electron chi connectivity index (χ1n) is 7.15. The Balaban J connectivity index is 2.47. The average Bonchev–Trinajstić information content (AvgIpc) is 2.61. The molecule has 0 radical (unpaired) electrons. The molecule has 0 bridgehead atoms. The topological polar surface area (TPSA) is 0 Å². The third-order valence-electron chi connectivity index (χ3n) is 3.84. The molecule has 2 atom stereocenters. The van der Waals surface area contributed by atoms with Gasteiger partial charge in [0.05, 0.1) is 0 Å². The van der Waals surface area contributed by atoms with Crippen LogP contribution in [0.1, 0.15) is 0 Å². The fourth-order valence-electron chi connectivity index (χ4n) is 2.18. The van der Waals surface area contributed by atoms with E-state index in [2.05, 4.69) is 59.5 Å². The number of rotatable bonds is 2. The van der Waals surface area contributed by atoms with Crippen LogP contribution in [-0.2, 0) is 0 Å². The highest BCUT2D eigenvalue weighted by molar-refractivity contribution is 7.08. The fourth-order valence-corrected chi connectivity index (χ4v) is 6.66. The van der Waals surface area contributed by atoms with E-state index < -0.39 is 16.1 Å². The van der Waals surface area contributed by atoms with Crippen LogP contribution in [0, 0.1) is 35.0 Å². The monoisotopic (exact) mass is 314 g/mol. The molecular weight excluding hydrogens is 296 g/mol. The summed E-state index contributed by atoms with van der Waals surface area (Å²) in [6.07, 6.45) is 11.6. The Hall–Kier alpha value is -2.45. The van der Waals surface area contributed by atoms with Crippen molar-refractivity contribution in [2.75, 3.05) is 0 Å². The quantitative estimate of drug-likeness (QED) is 0.590. The van der Waals surface area contributed by atoms with E-state index in [1.165, 1.54) is 0 Å². The van der Waals surface area contributed by atoms with Crippen molar-refractivity contribution in [3.05, 3.63) is 60.7 Å². The van der Waals surface area contributed by atoms with Gasteiger partial charge < -0.3 is 0 Å². The number of benzene rings is 2. The van der Waals surface area contributed by atoms with Crippen LogP contribution in [0.4, 0.5) is 0 Å². The van der Waals surface area contributed by atoms with Crippen molar-refractivity contribution in [2.45, 2.75) is 13.1 Å². The fraction of sp³-hybridized carbons (Fsp3) is 0.100. The zero-order valence-corrected chi connectivity index (χ0v) is 14.9. The molecule has 0 saturated heterocycles. The highest BCUT2D eigenvalue weighted by Crippen LogP contribution is 2.05. The maximum Gasteiger partial charge on any atom is 0.242 e. The summed E-state index contributed by atoms with van der Waals surface area (Å²) in [5.41, 5.74) is 12.8. The van der Waals surface area contributed by atoms with Crippen LogP contribution < -0.4 is 10.4 Å². The minimum Gasteiger partial charge on any atom is -0.126 e. The van der Waals surface area contributed by atoms with Gasteiger partial charge in [0, 0.05) is 0 Å². The standard InChI is InChI=1S/C20H18Si2/c1-5-21(3,19-13-9-7-10-14-19)17-18-22(4,6-2)20-15-11-8-12-16-20/h1-2,7-16H,3-4H3. The molecule has 0 spiro atoms. The van der Waals surface area contributed by atoms with Crippen LogP contribution in [0.2, 0.25) is 13.1 Å². The van der Waals surface area contributed by atoms with Crippen LogP contribution >= 0.6 is 0 Å². The van der Waals surface area contributed by atoms with Crippen molar-refractivity contribution in [3.8, 4) is 35.0 Å². The van der Waals surface area contributed by atoms with Crippen molar-refractivity contribution in [1.29, 1.82) is 0 Å². The van der Waals surface area contributed by atoms with Crippen LogP contribution in [0.15, 0.2) is 60.7 Å². The molecule has 0 saturated carbocycles. The lowest BCUT2D eigenvalue weighted by Crippen LogP contribution is -2.46. The molecule has 0 aliphatic heterocycles. The number of hydrogen-bond acceptors (Lipinski definition) is 0. The Morgan fingerprint density at radius 1 is 0.636 bits per heavy atom. The Morgan fingerprint density at radius 3 is 1.23 bits per heavy atom.